The molecule has 1 unspecified atom stereocenters. The van der Waals surface area contributed by atoms with Crippen LogP contribution in [-0.2, 0) is 0 Å². The summed E-state index contributed by atoms with van der Waals surface area (Å²) < 4.78 is 0. The van der Waals surface area contributed by atoms with E-state index in [9.17, 15) is 0 Å². The van der Waals surface area contributed by atoms with Gasteiger partial charge in [0.1, 0.15) is 5.84 Å². The van der Waals surface area contributed by atoms with E-state index < -0.39 is 0 Å². The van der Waals surface area contributed by atoms with Gasteiger partial charge in [-0.05, 0) is 32.9 Å². The first kappa shape index (κ1) is 9.19. The van der Waals surface area contributed by atoms with Crippen LogP contribution in [0.2, 0.25) is 0 Å². The number of hydrogen-bond donors (Lipinski definition) is 1. The van der Waals surface area contributed by atoms with Gasteiger partial charge in [0.2, 0.25) is 0 Å². The minimum Gasteiger partial charge on any atom is -0.366 e. The van der Waals surface area contributed by atoms with Crippen molar-refractivity contribution in [1.29, 1.82) is 0 Å². The van der Waals surface area contributed by atoms with Crippen molar-refractivity contribution in [2.75, 3.05) is 6.54 Å². The van der Waals surface area contributed by atoms with Crippen molar-refractivity contribution >= 4 is 5.84 Å². The van der Waals surface area contributed by atoms with Gasteiger partial charge in [-0.1, -0.05) is 0 Å². The van der Waals surface area contributed by atoms with E-state index in [2.05, 4.69) is 34.3 Å². The monoisotopic (exact) mass is 189 g/mol. The lowest BCUT2D eigenvalue weighted by molar-refractivity contribution is 0.726. The fraction of sp³-hybridized carbons (Fsp3) is 0.455. The van der Waals surface area contributed by atoms with E-state index in [1.807, 2.05) is 13.8 Å². The lowest BCUT2D eigenvalue weighted by atomic mass is 10.2. The van der Waals surface area contributed by atoms with E-state index in [0.717, 1.165) is 29.3 Å². The molecule has 1 aliphatic rings. The van der Waals surface area contributed by atoms with E-state index in [4.69, 9.17) is 0 Å². The highest BCUT2D eigenvalue weighted by Gasteiger charge is 2.14. The van der Waals surface area contributed by atoms with Crippen molar-refractivity contribution in [3.05, 3.63) is 29.1 Å². The molecule has 0 saturated heterocycles. The van der Waals surface area contributed by atoms with E-state index in [0.29, 0.717) is 6.04 Å². The molecule has 0 aliphatic carbocycles. The van der Waals surface area contributed by atoms with Crippen molar-refractivity contribution in [2.24, 2.45) is 4.99 Å². The zero-order valence-corrected chi connectivity index (χ0v) is 8.83. The molecule has 1 atom stereocenters. The van der Waals surface area contributed by atoms with Crippen LogP contribution in [0.4, 0.5) is 0 Å². The number of rotatable bonds is 1. The predicted octanol–water partition coefficient (Wildman–Crippen LogP) is 1.44. The summed E-state index contributed by atoms with van der Waals surface area (Å²) in [5.41, 5.74) is 3.24. The topological polar surface area (TPSA) is 37.3 Å². The molecule has 1 aromatic rings. The van der Waals surface area contributed by atoms with Gasteiger partial charge in [0.25, 0.3) is 0 Å². The van der Waals surface area contributed by atoms with E-state index in [1.165, 1.54) is 0 Å². The summed E-state index contributed by atoms with van der Waals surface area (Å²) in [6.07, 6.45) is 0. The average Bonchev–Trinajstić information content (AvgIpc) is 2.50. The van der Waals surface area contributed by atoms with Crippen LogP contribution in [0.25, 0.3) is 0 Å². The van der Waals surface area contributed by atoms with Gasteiger partial charge < -0.3 is 5.32 Å². The van der Waals surface area contributed by atoms with Crippen molar-refractivity contribution in [3.8, 4) is 0 Å². The number of hydrogen-bond acceptors (Lipinski definition) is 3. The van der Waals surface area contributed by atoms with E-state index in [-0.39, 0.29) is 0 Å². The largest absolute Gasteiger partial charge is 0.366 e. The van der Waals surface area contributed by atoms with Gasteiger partial charge in [0.05, 0.1) is 6.54 Å². The van der Waals surface area contributed by atoms with Crippen LogP contribution in [0.5, 0.6) is 0 Å². The highest BCUT2D eigenvalue weighted by molar-refractivity contribution is 6.00. The highest BCUT2D eigenvalue weighted by Crippen LogP contribution is 2.09. The lowest BCUT2D eigenvalue weighted by Gasteiger charge is -2.07. The van der Waals surface area contributed by atoms with Gasteiger partial charge in [0, 0.05) is 23.0 Å². The number of amidine groups is 1. The normalized spacial score (nSPS) is 20.5. The highest BCUT2D eigenvalue weighted by atomic mass is 15.1. The third kappa shape index (κ3) is 1.76. The zero-order chi connectivity index (χ0) is 10.1. The molecule has 0 amide bonds. The third-order valence-electron chi connectivity index (χ3n) is 2.26. The Balaban J connectivity index is 2.33. The van der Waals surface area contributed by atoms with Gasteiger partial charge in [-0.3, -0.25) is 9.98 Å². The lowest BCUT2D eigenvalue weighted by Crippen LogP contribution is -2.27. The van der Waals surface area contributed by atoms with Gasteiger partial charge in [-0.25, -0.2) is 0 Å². The molecule has 0 bridgehead atoms. The summed E-state index contributed by atoms with van der Waals surface area (Å²) in [7, 11) is 0. The minimum absolute atomic E-state index is 0.457. The Hall–Kier alpha value is -1.38. The number of nitrogens with zero attached hydrogens (tertiary/aromatic N) is 2. The summed E-state index contributed by atoms with van der Waals surface area (Å²) in [6.45, 7) is 7.03. The van der Waals surface area contributed by atoms with Crippen LogP contribution in [0.3, 0.4) is 0 Å². The molecule has 3 nitrogen and oxygen atoms in total. The molecule has 0 spiro atoms. The van der Waals surface area contributed by atoms with Gasteiger partial charge >= 0.3 is 0 Å². The minimum atomic E-state index is 0.457. The van der Waals surface area contributed by atoms with Crippen molar-refractivity contribution in [2.45, 2.75) is 26.8 Å². The molecule has 1 aliphatic heterocycles. The van der Waals surface area contributed by atoms with E-state index in [1.54, 1.807) is 0 Å². The molecule has 2 rings (SSSR count). The summed E-state index contributed by atoms with van der Waals surface area (Å²) in [6, 6.07) is 4.59. The van der Waals surface area contributed by atoms with Gasteiger partial charge in [-0.2, -0.15) is 0 Å². The van der Waals surface area contributed by atoms with Crippen molar-refractivity contribution in [3.63, 3.8) is 0 Å². The number of nitrogens with one attached hydrogen (secondary N) is 1. The molecule has 2 heterocycles. The molecule has 74 valence electrons. The number of aromatic nitrogens is 1. The second-order valence-corrected chi connectivity index (χ2v) is 3.87. The maximum Gasteiger partial charge on any atom is 0.128 e. The summed E-state index contributed by atoms with van der Waals surface area (Å²) >= 11 is 0. The van der Waals surface area contributed by atoms with Crippen LogP contribution >= 0.6 is 0 Å². The first-order valence-electron chi connectivity index (χ1n) is 4.92. The molecule has 14 heavy (non-hydrogen) atoms. The molecular formula is C11H15N3. The first-order valence-corrected chi connectivity index (χ1v) is 4.92. The standard InChI is InChI=1S/C11H15N3/c1-7-4-10(5-8(2)13-7)11-12-6-9(3)14-11/h4-5,9H,6H2,1-3H3,(H,12,14). The van der Waals surface area contributed by atoms with Crippen molar-refractivity contribution in [1.82, 2.24) is 10.3 Å². The Morgan fingerprint density at radius 2 is 1.93 bits per heavy atom. The Bertz CT molecular complexity index is 362. The smallest absolute Gasteiger partial charge is 0.128 e. The fourth-order valence-corrected chi connectivity index (χ4v) is 1.70. The van der Waals surface area contributed by atoms with Gasteiger partial charge in [0.15, 0.2) is 0 Å². The maximum atomic E-state index is 4.45. The quantitative estimate of drug-likeness (QED) is 0.725. The zero-order valence-electron chi connectivity index (χ0n) is 8.83. The Morgan fingerprint density at radius 3 is 2.43 bits per heavy atom. The fourth-order valence-electron chi connectivity index (χ4n) is 1.70. The Kier molecular flexibility index (Phi) is 2.23. The average molecular weight is 189 g/mol. The Morgan fingerprint density at radius 1 is 1.29 bits per heavy atom. The number of pyridine rings is 1. The SMILES string of the molecule is Cc1cc(C2=NCC(C)N2)cc(C)n1. The molecule has 1 N–H and O–H groups in total. The van der Waals surface area contributed by atoms with Crippen LogP contribution in [-0.4, -0.2) is 23.4 Å². The molecule has 0 aromatic carbocycles. The predicted molar refractivity (Wildman–Crippen MR) is 57.7 cm³/mol. The molecule has 0 radical (unpaired) electrons. The third-order valence-corrected chi connectivity index (χ3v) is 2.26. The molecule has 0 saturated carbocycles. The summed E-state index contributed by atoms with van der Waals surface area (Å²) in [5.74, 6) is 1.01. The number of aryl methyl sites for hydroxylation is 2. The number of aliphatic imine (C=N–C) groups is 1. The van der Waals surface area contributed by atoms with Crippen LogP contribution in [0.1, 0.15) is 23.9 Å². The molecule has 3 heteroatoms. The van der Waals surface area contributed by atoms with Crippen LogP contribution in [0.15, 0.2) is 17.1 Å². The summed E-state index contributed by atoms with van der Waals surface area (Å²) in [4.78, 5) is 8.79. The summed E-state index contributed by atoms with van der Waals surface area (Å²) in [5, 5.41) is 3.35. The first-order chi connectivity index (χ1) is 6.65. The van der Waals surface area contributed by atoms with Crippen LogP contribution < -0.4 is 5.32 Å². The second kappa shape index (κ2) is 3.40. The van der Waals surface area contributed by atoms with E-state index >= 15 is 0 Å². The van der Waals surface area contributed by atoms with Gasteiger partial charge in [-0.15, -0.1) is 0 Å². The second-order valence-electron chi connectivity index (χ2n) is 3.87. The molecule has 0 fully saturated rings. The van der Waals surface area contributed by atoms with Crippen molar-refractivity contribution < 1.29 is 0 Å². The maximum absolute atomic E-state index is 4.45. The molecular weight excluding hydrogens is 174 g/mol. The van der Waals surface area contributed by atoms with Crippen LogP contribution in [0, 0.1) is 13.8 Å². The molecule has 1 aromatic heterocycles. The Labute approximate surface area is 84.3 Å².